The second-order valence-electron chi connectivity index (χ2n) is 8.29. The summed E-state index contributed by atoms with van der Waals surface area (Å²) in [6.07, 6.45) is 5.90. The minimum Gasteiger partial charge on any atom is -0.457 e. The molecule has 0 amide bonds. The Labute approximate surface area is 164 Å². The summed E-state index contributed by atoms with van der Waals surface area (Å²) < 4.78 is 34.1. The monoisotopic (exact) mass is 442 g/mol. The summed E-state index contributed by atoms with van der Waals surface area (Å²) in [7, 11) is 0. The van der Waals surface area contributed by atoms with E-state index in [0.717, 1.165) is 32.1 Å². The van der Waals surface area contributed by atoms with Gasteiger partial charge < -0.3 is 9.47 Å². The molecular weight excluding hydrogens is 422 g/mol. The molecule has 4 bridgehead atoms. The molecule has 4 aliphatic rings. The van der Waals surface area contributed by atoms with Gasteiger partial charge in [-0.1, -0.05) is 15.9 Å². The quantitative estimate of drug-likeness (QED) is 0.362. The lowest BCUT2D eigenvalue weighted by Crippen LogP contribution is -2.56. The van der Waals surface area contributed by atoms with Crippen molar-refractivity contribution in [2.24, 2.45) is 17.3 Å². The number of hydrogen-bond donors (Lipinski definition) is 0. The molecule has 2 atom stereocenters. The minimum absolute atomic E-state index is 0.0188. The molecule has 0 aliphatic heterocycles. The molecule has 146 valence electrons. The van der Waals surface area contributed by atoms with Crippen LogP contribution in [0.25, 0.3) is 0 Å². The lowest BCUT2D eigenvalue weighted by atomic mass is 9.49. The Morgan fingerprint density at radius 1 is 1.11 bits per heavy atom. The molecule has 4 saturated carbocycles. The van der Waals surface area contributed by atoms with Crippen LogP contribution >= 0.6 is 15.9 Å². The molecule has 1 aromatic rings. The Bertz CT molecular complexity index is 735. The second-order valence-corrected chi connectivity index (χ2v) is 9.98. The molecule has 0 spiro atoms. The minimum atomic E-state index is -2.91. The normalized spacial score (nSPS) is 33.9. The van der Waals surface area contributed by atoms with Crippen LogP contribution in [0.3, 0.4) is 0 Å². The van der Waals surface area contributed by atoms with Crippen molar-refractivity contribution in [3.05, 3.63) is 29.8 Å². The molecule has 0 unspecified atom stereocenters. The van der Waals surface area contributed by atoms with Crippen molar-refractivity contribution in [1.82, 2.24) is 0 Å². The molecule has 0 radical (unpaired) electrons. The molecule has 0 aromatic heterocycles. The van der Waals surface area contributed by atoms with Crippen molar-refractivity contribution in [3.8, 4) is 5.75 Å². The fourth-order valence-electron chi connectivity index (χ4n) is 5.58. The smallest absolute Gasteiger partial charge is 0.387 e. The molecule has 0 N–H and O–H groups in total. The van der Waals surface area contributed by atoms with Gasteiger partial charge in [0.1, 0.15) is 5.75 Å². The van der Waals surface area contributed by atoms with E-state index in [1.165, 1.54) is 30.7 Å². The average molecular weight is 443 g/mol. The van der Waals surface area contributed by atoms with Gasteiger partial charge in [0.2, 0.25) is 0 Å². The van der Waals surface area contributed by atoms with Crippen LogP contribution in [0.1, 0.15) is 48.9 Å². The van der Waals surface area contributed by atoms with Gasteiger partial charge >= 0.3 is 12.6 Å². The van der Waals surface area contributed by atoms with Gasteiger partial charge in [0.25, 0.3) is 0 Å². The van der Waals surface area contributed by atoms with Crippen molar-refractivity contribution < 1.29 is 27.8 Å². The van der Waals surface area contributed by atoms with Crippen LogP contribution in [-0.2, 0) is 9.53 Å². The van der Waals surface area contributed by atoms with Crippen molar-refractivity contribution in [3.63, 3.8) is 0 Å². The lowest BCUT2D eigenvalue weighted by molar-refractivity contribution is -0.168. The third kappa shape index (κ3) is 3.75. The predicted molar refractivity (Wildman–Crippen MR) is 97.1 cm³/mol. The van der Waals surface area contributed by atoms with Gasteiger partial charge in [0, 0.05) is 9.89 Å². The van der Waals surface area contributed by atoms with Crippen LogP contribution < -0.4 is 4.74 Å². The number of alkyl halides is 3. The Balaban J connectivity index is 1.37. The largest absolute Gasteiger partial charge is 0.457 e. The maximum atomic E-state index is 12.9. The lowest BCUT2D eigenvalue weighted by Gasteiger charge is -2.58. The van der Waals surface area contributed by atoms with Gasteiger partial charge in [0.15, 0.2) is 12.4 Å². The van der Waals surface area contributed by atoms with Gasteiger partial charge in [-0.25, -0.2) is 0 Å². The molecule has 0 heterocycles. The third-order valence-corrected chi connectivity index (χ3v) is 7.09. The first-order chi connectivity index (χ1) is 12.8. The Morgan fingerprint density at radius 2 is 1.74 bits per heavy atom. The topological polar surface area (TPSA) is 52.6 Å². The highest BCUT2D eigenvalue weighted by Gasteiger charge is 2.60. The number of benzene rings is 1. The summed E-state index contributed by atoms with van der Waals surface area (Å²) in [4.78, 5) is 25.1. The maximum Gasteiger partial charge on any atom is 0.387 e. The van der Waals surface area contributed by atoms with Gasteiger partial charge in [-0.15, -0.1) is 0 Å². The number of rotatable bonds is 6. The van der Waals surface area contributed by atoms with E-state index in [2.05, 4.69) is 20.7 Å². The molecule has 4 nitrogen and oxygen atoms in total. The summed E-state index contributed by atoms with van der Waals surface area (Å²) in [5, 5.41) is 0. The first kappa shape index (κ1) is 18.8. The second kappa shape index (κ2) is 6.83. The molecule has 1 aromatic carbocycles. The van der Waals surface area contributed by atoms with E-state index in [4.69, 9.17) is 4.74 Å². The Morgan fingerprint density at radius 3 is 2.30 bits per heavy atom. The van der Waals surface area contributed by atoms with E-state index < -0.39 is 12.0 Å². The zero-order valence-electron chi connectivity index (χ0n) is 14.8. The number of ketones is 1. The highest BCUT2D eigenvalue weighted by atomic mass is 79.9. The van der Waals surface area contributed by atoms with Crippen molar-refractivity contribution in [1.29, 1.82) is 0 Å². The van der Waals surface area contributed by atoms with E-state index in [9.17, 15) is 18.4 Å². The average Bonchev–Trinajstić information content (AvgIpc) is 2.57. The van der Waals surface area contributed by atoms with Crippen LogP contribution in [0, 0.1) is 17.3 Å². The van der Waals surface area contributed by atoms with Crippen molar-refractivity contribution in [2.75, 3.05) is 6.61 Å². The predicted octanol–water partition coefficient (Wildman–Crippen LogP) is 4.75. The number of Topliss-reactive ketones (excluding diaryl/α,β-unsaturated/α-hetero) is 1. The van der Waals surface area contributed by atoms with Gasteiger partial charge in [-0.3, -0.25) is 9.59 Å². The zero-order valence-corrected chi connectivity index (χ0v) is 16.3. The molecule has 5 rings (SSSR count). The number of carbonyl (C=O) groups is 2. The van der Waals surface area contributed by atoms with Crippen LogP contribution in [0.15, 0.2) is 24.3 Å². The first-order valence-corrected chi connectivity index (χ1v) is 10.0. The number of hydrogen-bond acceptors (Lipinski definition) is 4. The standard InChI is InChI=1S/C20H21BrF2O4/c21-20-8-12-5-13(9-20)7-19(6-12,11-20)17(25)26-10-16(24)14-1-3-15(4-2-14)27-18(22)23/h1-4,12-13,18H,5-11H2/t12-,13-,19?,20?/m1/s1. The van der Waals surface area contributed by atoms with E-state index >= 15 is 0 Å². The number of carbonyl (C=O) groups excluding carboxylic acids is 2. The molecule has 0 saturated heterocycles. The summed E-state index contributed by atoms with van der Waals surface area (Å²) in [6, 6.07) is 5.39. The molecule has 27 heavy (non-hydrogen) atoms. The van der Waals surface area contributed by atoms with E-state index in [0.29, 0.717) is 17.4 Å². The van der Waals surface area contributed by atoms with Crippen LogP contribution in [0.5, 0.6) is 5.75 Å². The fraction of sp³-hybridized carbons (Fsp3) is 0.600. The molecule has 4 fully saturated rings. The van der Waals surface area contributed by atoms with E-state index in [-0.39, 0.29) is 28.4 Å². The zero-order chi connectivity index (χ0) is 19.2. The summed E-state index contributed by atoms with van der Waals surface area (Å²) in [6.45, 7) is -3.24. The molecular formula is C20H21BrF2O4. The third-order valence-electron chi connectivity index (χ3n) is 6.16. The highest BCUT2D eigenvalue weighted by Crippen LogP contribution is 2.64. The molecule has 4 aliphatic carbocycles. The molecule has 7 heteroatoms. The fourth-order valence-corrected chi connectivity index (χ4v) is 7.03. The van der Waals surface area contributed by atoms with Crippen LogP contribution in [-0.4, -0.2) is 29.3 Å². The Hall–Kier alpha value is -1.50. The van der Waals surface area contributed by atoms with Gasteiger partial charge in [-0.05, 0) is 74.6 Å². The van der Waals surface area contributed by atoms with E-state index in [1.807, 2.05) is 0 Å². The number of esters is 1. The summed E-state index contributed by atoms with van der Waals surface area (Å²) in [5.74, 6) is 0.457. The van der Waals surface area contributed by atoms with Crippen molar-refractivity contribution in [2.45, 2.75) is 49.5 Å². The van der Waals surface area contributed by atoms with Gasteiger partial charge in [-0.2, -0.15) is 8.78 Å². The number of ether oxygens (including phenoxy) is 2. The SMILES string of the molecule is O=C(COC(=O)C12C[C@H]3C[C@@H](CC(Br)(C3)C1)C2)c1ccc(OC(F)F)cc1. The Kier molecular flexibility index (Phi) is 4.77. The summed E-state index contributed by atoms with van der Waals surface area (Å²) >= 11 is 3.86. The maximum absolute atomic E-state index is 12.9. The summed E-state index contributed by atoms with van der Waals surface area (Å²) in [5.41, 5.74) is -0.171. The van der Waals surface area contributed by atoms with Gasteiger partial charge in [0.05, 0.1) is 5.41 Å². The van der Waals surface area contributed by atoms with Crippen LogP contribution in [0.2, 0.25) is 0 Å². The number of halogens is 3. The first-order valence-electron chi connectivity index (χ1n) is 9.21. The van der Waals surface area contributed by atoms with Crippen LogP contribution in [0.4, 0.5) is 8.78 Å². The highest BCUT2D eigenvalue weighted by molar-refractivity contribution is 9.10. The van der Waals surface area contributed by atoms with Crippen molar-refractivity contribution >= 4 is 27.7 Å². The van der Waals surface area contributed by atoms with E-state index in [1.54, 1.807) is 0 Å².